The summed E-state index contributed by atoms with van der Waals surface area (Å²) in [5.74, 6) is 0.942. The summed E-state index contributed by atoms with van der Waals surface area (Å²) in [6.45, 7) is 7.01. The molecule has 0 radical (unpaired) electrons. The fourth-order valence-corrected chi connectivity index (χ4v) is 1.98. The highest BCUT2D eigenvalue weighted by Crippen LogP contribution is 2.14. The third kappa shape index (κ3) is 3.25. The predicted octanol–water partition coefficient (Wildman–Crippen LogP) is 2.66. The summed E-state index contributed by atoms with van der Waals surface area (Å²) < 4.78 is 1.74. The smallest absolute Gasteiger partial charge is 0.256 e. The maximum absolute atomic E-state index is 5.97. The third-order valence-electron chi connectivity index (χ3n) is 2.88. The van der Waals surface area contributed by atoms with Crippen LogP contribution in [-0.2, 0) is 12.8 Å². The van der Waals surface area contributed by atoms with Crippen molar-refractivity contribution in [2.24, 2.45) is 0 Å². The molecule has 0 amide bonds. The van der Waals surface area contributed by atoms with E-state index in [1.807, 2.05) is 0 Å². The first-order valence-corrected chi connectivity index (χ1v) is 7.29. The number of anilines is 1. The molecule has 0 fully saturated rings. The fourth-order valence-electron chi connectivity index (χ4n) is 1.82. The van der Waals surface area contributed by atoms with Gasteiger partial charge in [0.1, 0.15) is 0 Å². The fraction of sp³-hybridized carbons (Fsp3) is 0.538. The first-order valence-electron chi connectivity index (χ1n) is 6.91. The first kappa shape index (κ1) is 14.7. The van der Waals surface area contributed by atoms with E-state index in [9.17, 15) is 0 Å². The highest BCUT2D eigenvalue weighted by Gasteiger charge is 2.12. The van der Waals surface area contributed by atoms with Crippen molar-refractivity contribution in [1.29, 1.82) is 0 Å². The van der Waals surface area contributed by atoms with Gasteiger partial charge in [-0.25, -0.2) is 4.68 Å². The van der Waals surface area contributed by atoms with E-state index in [4.69, 9.17) is 11.6 Å². The Hall–Kier alpha value is -1.69. The summed E-state index contributed by atoms with van der Waals surface area (Å²) in [5.41, 5.74) is 2.08. The Kier molecular flexibility index (Phi) is 4.89. The van der Waals surface area contributed by atoms with Crippen LogP contribution in [0.25, 0.3) is 5.95 Å². The Morgan fingerprint density at radius 1 is 1.15 bits per heavy atom. The van der Waals surface area contributed by atoms with Crippen LogP contribution in [0.15, 0.2) is 6.07 Å². The molecule has 6 nitrogen and oxygen atoms in total. The van der Waals surface area contributed by atoms with E-state index in [-0.39, 0.29) is 5.28 Å². The summed E-state index contributed by atoms with van der Waals surface area (Å²) >= 11 is 5.97. The number of aryl methyl sites for hydroxylation is 2. The lowest BCUT2D eigenvalue weighted by atomic mass is 10.3. The summed E-state index contributed by atoms with van der Waals surface area (Å²) in [5, 5.41) is 7.80. The Morgan fingerprint density at radius 2 is 1.95 bits per heavy atom. The summed E-state index contributed by atoms with van der Waals surface area (Å²) in [6.07, 6.45) is 2.72. The second-order valence-corrected chi connectivity index (χ2v) is 4.74. The molecule has 0 bridgehead atoms. The van der Waals surface area contributed by atoms with Gasteiger partial charge in [0.15, 0.2) is 0 Å². The monoisotopic (exact) mass is 294 g/mol. The lowest BCUT2D eigenvalue weighted by Gasteiger charge is -2.07. The summed E-state index contributed by atoms with van der Waals surface area (Å²) in [7, 11) is 0. The minimum atomic E-state index is 0.171. The van der Waals surface area contributed by atoms with Gasteiger partial charge >= 0.3 is 0 Å². The molecule has 0 saturated carbocycles. The van der Waals surface area contributed by atoms with Gasteiger partial charge in [-0.05, 0) is 36.9 Å². The molecule has 2 heterocycles. The molecule has 0 aliphatic rings. The van der Waals surface area contributed by atoms with Gasteiger partial charge in [0, 0.05) is 12.2 Å². The van der Waals surface area contributed by atoms with Crippen molar-refractivity contribution >= 4 is 17.5 Å². The van der Waals surface area contributed by atoms with Gasteiger partial charge in [-0.1, -0.05) is 20.8 Å². The van der Waals surface area contributed by atoms with Crippen LogP contribution in [0.3, 0.4) is 0 Å². The minimum Gasteiger partial charge on any atom is -0.354 e. The van der Waals surface area contributed by atoms with Crippen LogP contribution >= 0.6 is 11.6 Å². The van der Waals surface area contributed by atoms with Crippen LogP contribution in [0.2, 0.25) is 5.28 Å². The van der Waals surface area contributed by atoms with E-state index in [0.29, 0.717) is 11.9 Å². The maximum Gasteiger partial charge on any atom is 0.256 e. The van der Waals surface area contributed by atoms with E-state index < -0.39 is 0 Å². The molecule has 0 aromatic carbocycles. The van der Waals surface area contributed by atoms with E-state index >= 15 is 0 Å². The van der Waals surface area contributed by atoms with Crippen molar-refractivity contribution in [3.8, 4) is 5.95 Å². The quantitative estimate of drug-likeness (QED) is 0.887. The highest BCUT2D eigenvalue weighted by atomic mass is 35.5. The van der Waals surface area contributed by atoms with E-state index in [0.717, 1.165) is 37.2 Å². The second-order valence-electron chi connectivity index (χ2n) is 4.40. The van der Waals surface area contributed by atoms with Crippen molar-refractivity contribution in [3.63, 3.8) is 0 Å². The molecule has 2 aromatic rings. The molecule has 2 rings (SSSR count). The molecule has 2 aromatic heterocycles. The van der Waals surface area contributed by atoms with Gasteiger partial charge in [0.25, 0.3) is 5.95 Å². The number of hydrogen-bond acceptors (Lipinski definition) is 5. The van der Waals surface area contributed by atoms with Gasteiger partial charge in [0.2, 0.25) is 11.2 Å². The van der Waals surface area contributed by atoms with Gasteiger partial charge in [-0.15, -0.1) is 0 Å². The van der Waals surface area contributed by atoms with Gasteiger partial charge in [-0.3, -0.25) is 0 Å². The average Bonchev–Trinajstić information content (AvgIpc) is 2.88. The zero-order valence-electron chi connectivity index (χ0n) is 12.0. The zero-order chi connectivity index (χ0) is 14.5. The number of aromatic nitrogens is 5. The molecule has 0 saturated heterocycles. The predicted molar refractivity (Wildman–Crippen MR) is 79.5 cm³/mol. The number of nitrogens with one attached hydrogen (secondary N) is 1. The third-order valence-corrected chi connectivity index (χ3v) is 3.05. The molecule has 0 aliphatic heterocycles. The second kappa shape index (κ2) is 6.65. The number of hydrogen-bond donors (Lipinski definition) is 1. The average molecular weight is 295 g/mol. The van der Waals surface area contributed by atoms with E-state index in [1.165, 1.54) is 0 Å². The largest absolute Gasteiger partial charge is 0.354 e. The van der Waals surface area contributed by atoms with Gasteiger partial charge in [-0.2, -0.15) is 20.1 Å². The summed E-state index contributed by atoms with van der Waals surface area (Å²) in [6, 6.07) is 2.07. The van der Waals surface area contributed by atoms with Gasteiger partial charge < -0.3 is 5.32 Å². The zero-order valence-corrected chi connectivity index (χ0v) is 12.8. The molecule has 0 unspecified atom stereocenters. The maximum atomic E-state index is 5.97. The molecule has 20 heavy (non-hydrogen) atoms. The molecule has 0 atom stereocenters. The Bertz CT molecular complexity index is 580. The van der Waals surface area contributed by atoms with Crippen LogP contribution in [0, 0.1) is 0 Å². The van der Waals surface area contributed by atoms with E-state index in [1.54, 1.807) is 4.68 Å². The molecule has 7 heteroatoms. The Balaban J connectivity index is 2.40. The van der Waals surface area contributed by atoms with Crippen LogP contribution < -0.4 is 5.32 Å². The molecule has 1 N–H and O–H groups in total. The molecular formula is C13H19ClN6. The summed E-state index contributed by atoms with van der Waals surface area (Å²) in [4.78, 5) is 12.6. The standard InChI is InChI=1S/C13H19ClN6/c1-4-7-15-12-16-11(14)17-13(18-12)20-10(6-3)8-9(5-2)19-20/h8H,4-7H2,1-3H3,(H,15,16,17,18). The Morgan fingerprint density at radius 3 is 2.60 bits per heavy atom. The molecule has 0 spiro atoms. The van der Waals surface area contributed by atoms with Crippen LogP contribution in [-0.4, -0.2) is 31.3 Å². The van der Waals surface area contributed by atoms with Crippen LogP contribution in [0.5, 0.6) is 0 Å². The first-order chi connectivity index (χ1) is 9.67. The van der Waals surface area contributed by atoms with E-state index in [2.05, 4.69) is 52.2 Å². The molecular weight excluding hydrogens is 276 g/mol. The minimum absolute atomic E-state index is 0.171. The molecule has 0 aliphatic carbocycles. The van der Waals surface area contributed by atoms with Crippen molar-refractivity contribution in [3.05, 3.63) is 22.7 Å². The van der Waals surface area contributed by atoms with Crippen molar-refractivity contribution in [2.45, 2.75) is 40.0 Å². The SMILES string of the molecule is CCCNc1nc(Cl)nc(-n2nc(CC)cc2CC)n1. The van der Waals surface area contributed by atoms with Crippen molar-refractivity contribution in [2.75, 3.05) is 11.9 Å². The highest BCUT2D eigenvalue weighted by molar-refractivity contribution is 6.28. The number of nitrogens with zero attached hydrogens (tertiary/aromatic N) is 5. The van der Waals surface area contributed by atoms with Crippen molar-refractivity contribution < 1.29 is 0 Å². The number of rotatable bonds is 6. The normalized spacial score (nSPS) is 10.8. The topological polar surface area (TPSA) is 68.5 Å². The molecule has 108 valence electrons. The van der Waals surface area contributed by atoms with Crippen molar-refractivity contribution in [1.82, 2.24) is 24.7 Å². The van der Waals surface area contributed by atoms with Crippen LogP contribution in [0.4, 0.5) is 5.95 Å². The van der Waals surface area contributed by atoms with Gasteiger partial charge in [0.05, 0.1) is 5.69 Å². The Labute approximate surface area is 123 Å². The van der Waals surface area contributed by atoms with Crippen LogP contribution in [0.1, 0.15) is 38.6 Å². The number of halogens is 1. The lowest BCUT2D eigenvalue weighted by Crippen LogP contribution is -2.12. The lowest BCUT2D eigenvalue weighted by molar-refractivity contribution is 0.738.